The van der Waals surface area contributed by atoms with E-state index in [9.17, 15) is 0 Å². The Kier molecular flexibility index (Phi) is 10.1. The average Bonchev–Trinajstić information content (AvgIpc) is 3.27. The molecule has 136 valence electrons. The molecule has 6 heteroatoms. The summed E-state index contributed by atoms with van der Waals surface area (Å²) in [5.74, 6) is 2.51. The van der Waals surface area contributed by atoms with Gasteiger partial charge in [-0.15, -0.1) is 24.0 Å². The average molecular weight is 447 g/mol. The summed E-state index contributed by atoms with van der Waals surface area (Å²) in [6.45, 7) is 7.37. The van der Waals surface area contributed by atoms with Crippen LogP contribution in [-0.2, 0) is 11.3 Å². The first-order valence-corrected chi connectivity index (χ1v) is 8.48. The number of rotatable bonds is 9. The van der Waals surface area contributed by atoms with Crippen LogP contribution in [0.25, 0.3) is 0 Å². The SMILES string of the molecule is CCOCCCNC(=NCc1ccc(OC)cc1)NC1CC1C.I. The van der Waals surface area contributed by atoms with Gasteiger partial charge in [0.1, 0.15) is 5.75 Å². The van der Waals surface area contributed by atoms with Gasteiger partial charge in [-0.3, -0.25) is 0 Å². The van der Waals surface area contributed by atoms with E-state index in [-0.39, 0.29) is 24.0 Å². The van der Waals surface area contributed by atoms with E-state index in [1.807, 2.05) is 19.1 Å². The molecule has 0 aromatic heterocycles. The molecule has 5 nitrogen and oxygen atoms in total. The molecule has 2 rings (SSSR count). The van der Waals surface area contributed by atoms with E-state index in [0.717, 1.165) is 43.8 Å². The van der Waals surface area contributed by atoms with Gasteiger partial charge in [0.25, 0.3) is 0 Å². The molecular weight excluding hydrogens is 417 g/mol. The van der Waals surface area contributed by atoms with Gasteiger partial charge in [-0.05, 0) is 43.4 Å². The van der Waals surface area contributed by atoms with Crippen LogP contribution >= 0.6 is 24.0 Å². The normalized spacial score (nSPS) is 19.4. The number of hydrogen-bond acceptors (Lipinski definition) is 3. The molecular formula is C18H30IN3O2. The summed E-state index contributed by atoms with van der Waals surface area (Å²) in [4.78, 5) is 4.69. The van der Waals surface area contributed by atoms with Crippen molar-refractivity contribution in [1.82, 2.24) is 10.6 Å². The molecule has 24 heavy (non-hydrogen) atoms. The molecule has 0 aliphatic heterocycles. The van der Waals surface area contributed by atoms with E-state index in [1.54, 1.807) is 7.11 Å². The molecule has 0 bridgehead atoms. The second kappa shape index (κ2) is 11.5. The summed E-state index contributed by atoms with van der Waals surface area (Å²) in [5, 5.41) is 6.90. The van der Waals surface area contributed by atoms with E-state index >= 15 is 0 Å². The van der Waals surface area contributed by atoms with Gasteiger partial charge in [0, 0.05) is 25.8 Å². The number of nitrogens with zero attached hydrogens (tertiary/aromatic N) is 1. The molecule has 1 aromatic carbocycles. The fourth-order valence-corrected chi connectivity index (χ4v) is 2.28. The van der Waals surface area contributed by atoms with Gasteiger partial charge in [0.05, 0.1) is 13.7 Å². The summed E-state index contributed by atoms with van der Waals surface area (Å²) in [7, 11) is 1.68. The monoisotopic (exact) mass is 447 g/mol. The van der Waals surface area contributed by atoms with E-state index in [4.69, 9.17) is 14.5 Å². The molecule has 0 heterocycles. The summed E-state index contributed by atoms with van der Waals surface area (Å²) in [6, 6.07) is 8.60. The second-order valence-electron chi connectivity index (χ2n) is 5.95. The van der Waals surface area contributed by atoms with Crippen molar-refractivity contribution in [3.05, 3.63) is 29.8 Å². The number of nitrogens with one attached hydrogen (secondary N) is 2. The Morgan fingerprint density at radius 2 is 2.00 bits per heavy atom. The van der Waals surface area contributed by atoms with Gasteiger partial charge in [0.2, 0.25) is 0 Å². The summed E-state index contributed by atoms with van der Waals surface area (Å²) in [6.07, 6.45) is 2.21. The third-order valence-corrected chi connectivity index (χ3v) is 3.97. The van der Waals surface area contributed by atoms with E-state index in [2.05, 4.69) is 29.7 Å². The number of guanidine groups is 1. The largest absolute Gasteiger partial charge is 0.497 e. The van der Waals surface area contributed by atoms with Crippen molar-refractivity contribution in [3.63, 3.8) is 0 Å². The predicted molar refractivity (Wildman–Crippen MR) is 109 cm³/mol. The quantitative estimate of drug-likeness (QED) is 0.264. The fraction of sp³-hybridized carbons (Fsp3) is 0.611. The molecule has 2 unspecified atom stereocenters. The van der Waals surface area contributed by atoms with Crippen LogP contribution in [0.15, 0.2) is 29.3 Å². The molecule has 0 saturated heterocycles. The highest BCUT2D eigenvalue weighted by atomic mass is 127. The lowest BCUT2D eigenvalue weighted by atomic mass is 10.2. The standard InChI is InChI=1S/C18H29N3O2.HI/c1-4-23-11-5-10-19-18(21-17-12-14(17)2)20-13-15-6-8-16(22-3)9-7-15;/h6-9,14,17H,4-5,10-13H2,1-3H3,(H2,19,20,21);1H. The van der Waals surface area contributed by atoms with E-state index in [0.29, 0.717) is 12.6 Å². The van der Waals surface area contributed by atoms with Crippen LogP contribution in [0.4, 0.5) is 0 Å². The van der Waals surface area contributed by atoms with Gasteiger partial charge < -0.3 is 20.1 Å². The second-order valence-corrected chi connectivity index (χ2v) is 5.95. The molecule has 0 radical (unpaired) electrons. The number of methoxy groups -OCH3 is 1. The van der Waals surface area contributed by atoms with Gasteiger partial charge in [-0.25, -0.2) is 4.99 Å². The summed E-state index contributed by atoms with van der Waals surface area (Å²) >= 11 is 0. The topological polar surface area (TPSA) is 54.9 Å². The van der Waals surface area contributed by atoms with Crippen LogP contribution < -0.4 is 15.4 Å². The lowest BCUT2D eigenvalue weighted by molar-refractivity contribution is 0.145. The highest BCUT2D eigenvalue weighted by molar-refractivity contribution is 14.0. The zero-order valence-corrected chi connectivity index (χ0v) is 17.2. The molecule has 1 saturated carbocycles. The lowest BCUT2D eigenvalue weighted by Gasteiger charge is -2.12. The maximum Gasteiger partial charge on any atom is 0.191 e. The number of benzene rings is 1. The Morgan fingerprint density at radius 1 is 1.29 bits per heavy atom. The Morgan fingerprint density at radius 3 is 2.58 bits per heavy atom. The molecule has 1 aliphatic carbocycles. The van der Waals surface area contributed by atoms with E-state index in [1.165, 1.54) is 12.0 Å². The number of halogens is 1. The van der Waals surface area contributed by atoms with Crippen LogP contribution in [0.3, 0.4) is 0 Å². The van der Waals surface area contributed by atoms with Gasteiger partial charge in [0.15, 0.2) is 5.96 Å². The highest BCUT2D eigenvalue weighted by Crippen LogP contribution is 2.28. The number of ether oxygens (including phenoxy) is 2. The van der Waals surface area contributed by atoms with Gasteiger partial charge in [-0.1, -0.05) is 19.1 Å². The lowest BCUT2D eigenvalue weighted by Crippen LogP contribution is -2.39. The Balaban J connectivity index is 0.00000288. The Bertz CT molecular complexity index is 494. The highest BCUT2D eigenvalue weighted by Gasteiger charge is 2.33. The maximum atomic E-state index is 5.36. The first-order chi connectivity index (χ1) is 11.2. The molecule has 1 aliphatic rings. The van der Waals surface area contributed by atoms with Crippen molar-refractivity contribution in [1.29, 1.82) is 0 Å². The number of hydrogen-bond donors (Lipinski definition) is 2. The molecule has 0 amide bonds. The minimum atomic E-state index is 0. The van der Waals surface area contributed by atoms with Crippen LogP contribution in [0, 0.1) is 5.92 Å². The molecule has 1 fully saturated rings. The minimum absolute atomic E-state index is 0. The third-order valence-electron chi connectivity index (χ3n) is 3.97. The van der Waals surface area contributed by atoms with Crippen molar-refractivity contribution >= 4 is 29.9 Å². The van der Waals surface area contributed by atoms with Crippen molar-refractivity contribution in [2.24, 2.45) is 10.9 Å². The van der Waals surface area contributed by atoms with Crippen molar-refractivity contribution in [2.45, 2.75) is 39.3 Å². The van der Waals surface area contributed by atoms with Crippen LogP contribution in [-0.4, -0.2) is 38.9 Å². The molecule has 1 aromatic rings. The fourth-order valence-electron chi connectivity index (χ4n) is 2.28. The first kappa shape index (κ1) is 21.0. The van der Waals surface area contributed by atoms with Crippen molar-refractivity contribution in [3.8, 4) is 5.75 Å². The third kappa shape index (κ3) is 7.70. The number of aliphatic imine (C=N–C) groups is 1. The van der Waals surface area contributed by atoms with Gasteiger partial charge >= 0.3 is 0 Å². The van der Waals surface area contributed by atoms with Crippen molar-refractivity contribution in [2.75, 3.05) is 26.9 Å². The molecule has 2 N–H and O–H groups in total. The first-order valence-electron chi connectivity index (χ1n) is 8.48. The Labute approximate surface area is 162 Å². The van der Waals surface area contributed by atoms with Crippen LogP contribution in [0.2, 0.25) is 0 Å². The molecule has 0 spiro atoms. The van der Waals surface area contributed by atoms with E-state index < -0.39 is 0 Å². The summed E-state index contributed by atoms with van der Waals surface area (Å²) in [5.41, 5.74) is 1.17. The minimum Gasteiger partial charge on any atom is -0.497 e. The zero-order chi connectivity index (χ0) is 16.5. The summed E-state index contributed by atoms with van der Waals surface area (Å²) < 4.78 is 10.5. The zero-order valence-electron chi connectivity index (χ0n) is 14.9. The smallest absolute Gasteiger partial charge is 0.191 e. The maximum absolute atomic E-state index is 5.36. The predicted octanol–water partition coefficient (Wildman–Crippen LogP) is 3.18. The Hall–Kier alpha value is -1.02. The molecule has 2 atom stereocenters. The van der Waals surface area contributed by atoms with Crippen LogP contribution in [0.1, 0.15) is 32.3 Å². The van der Waals surface area contributed by atoms with Crippen LogP contribution in [0.5, 0.6) is 5.75 Å². The van der Waals surface area contributed by atoms with Gasteiger partial charge in [-0.2, -0.15) is 0 Å². The van der Waals surface area contributed by atoms with Crippen molar-refractivity contribution < 1.29 is 9.47 Å².